The molecule has 0 amide bonds. The molecule has 174 valence electrons. The zero-order chi connectivity index (χ0) is 23.8. The first-order chi connectivity index (χ1) is 13.3. The molecule has 1 atom stereocenters. The standard InChI is InChI=1S/C17H17F11O2/c1-4-30-11-7-5-6-10(8-11)12(2,29-3)9-13(18,19)14(20,21)15(22,23)16(24,25)17(26,27)28/h5-8H,4,9H2,1-3H3. The lowest BCUT2D eigenvalue weighted by atomic mass is 9.84. The molecule has 1 aromatic rings. The fourth-order valence-corrected chi connectivity index (χ4v) is 2.51. The fourth-order valence-electron chi connectivity index (χ4n) is 2.51. The van der Waals surface area contributed by atoms with Gasteiger partial charge < -0.3 is 9.47 Å². The van der Waals surface area contributed by atoms with Gasteiger partial charge in [-0.1, -0.05) is 12.1 Å². The van der Waals surface area contributed by atoms with Crippen LogP contribution in [0.1, 0.15) is 25.8 Å². The molecule has 1 aromatic carbocycles. The summed E-state index contributed by atoms with van der Waals surface area (Å²) in [5, 5.41) is 0. The van der Waals surface area contributed by atoms with E-state index >= 15 is 0 Å². The van der Waals surface area contributed by atoms with Crippen LogP contribution in [0.5, 0.6) is 5.75 Å². The van der Waals surface area contributed by atoms with Gasteiger partial charge in [0, 0.05) is 7.11 Å². The molecule has 1 rings (SSSR count). The van der Waals surface area contributed by atoms with E-state index < -0.39 is 41.9 Å². The molecule has 0 spiro atoms. The van der Waals surface area contributed by atoms with Gasteiger partial charge in [-0.3, -0.25) is 0 Å². The maximum atomic E-state index is 14.2. The normalized spacial score (nSPS) is 16.3. The molecule has 30 heavy (non-hydrogen) atoms. The molecule has 13 heteroatoms. The van der Waals surface area contributed by atoms with E-state index in [9.17, 15) is 48.3 Å². The van der Waals surface area contributed by atoms with Gasteiger partial charge in [0.2, 0.25) is 0 Å². The Morgan fingerprint density at radius 1 is 0.800 bits per heavy atom. The van der Waals surface area contributed by atoms with Crippen LogP contribution in [-0.2, 0) is 10.3 Å². The Hall–Kier alpha value is -1.79. The van der Waals surface area contributed by atoms with Gasteiger partial charge in [-0.2, -0.15) is 48.3 Å². The minimum Gasteiger partial charge on any atom is -0.494 e. The number of hydrogen-bond acceptors (Lipinski definition) is 2. The molecule has 0 N–H and O–H groups in total. The topological polar surface area (TPSA) is 18.5 Å². The molecule has 0 saturated carbocycles. The lowest BCUT2D eigenvalue weighted by molar-refractivity contribution is -0.424. The Bertz CT molecular complexity index is 731. The summed E-state index contributed by atoms with van der Waals surface area (Å²) in [6.07, 6.45) is -9.55. The van der Waals surface area contributed by atoms with E-state index in [1.165, 1.54) is 12.1 Å². The Morgan fingerprint density at radius 3 is 1.77 bits per heavy atom. The van der Waals surface area contributed by atoms with Crippen molar-refractivity contribution < 1.29 is 57.8 Å². The summed E-state index contributed by atoms with van der Waals surface area (Å²) < 4.78 is 155. The van der Waals surface area contributed by atoms with Crippen molar-refractivity contribution in [3.63, 3.8) is 0 Å². The quantitative estimate of drug-likeness (QED) is 0.394. The number of rotatable bonds is 9. The SMILES string of the molecule is CCOc1cccc(C(C)(CC(F)(F)C(F)(F)C(F)(F)C(F)(F)C(F)(F)F)OC)c1. The number of ether oxygens (including phenoxy) is 2. The summed E-state index contributed by atoms with van der Waals surface area (Å²) in [6, 6.07) is 4.68. The second kappa shape index (κ2) is 8.04. The summed E-state index contributed by atoms with van der Waals surface area (Å²) in [5.74, 6) is -28.0. The molecule has 0 aliphatic rings. The van der Waals surface area contributed by atoms with Crippen LogP contribution in [0.4, 0.5) is 48.3 Å². The minimum atomic E-state index is -7.45. The summed E-state index contributed by atoms with van der Waals surface area (Å²) in [7, 11) is 0.740. The lowest BCUT2D eigenvalue weighted by Gasteiger charge is -2.40. The first-order valence-corrected chi connectivity index (χ1v) is 8.17. The van der Waals surface area contributed by atoms with Gasteiger partial charge in [-0.05, 0) is 31.5 Å². The van der Waals surface area contributed by atoms with E-state index in [1.807, 2.05) is 0 Å². The second-order valence-corrected chi connectivity index (χ2v) is 6.50. The van der Waals surface area contributed by atoms with Crippen molar-refractivity contribution in [3.8, 4) is 5.75 Å². The number of halogens is 11. The zero-order valence-corrected chi connectivity index (χ0v) is 15.7. The average molecular weight is 462 g/mol. The van der Waals surface area contributed by atoms with Crippen LogP contribution in [0.3, 0.4) is 0 Å². The van der Waals surface area contributed by atoms with Crippen molar-refractivity contribution in [1.82, 2.24) is 0 Å². The first kappa shape index (κ1) is 26.2. The number of hydrogen-bond donors (Lipinski definition) is 0. The molecule has 0 aromatic heterocycles. The molecule has 0 saturated heterocycles. The highest BCUT2D eigenvalue weighted by molar-refractivity contribution is 5.32. The van der Waals surface area contributed by atoms with E-state index in [1.54, 1.807) is 6.92 Å². The van der Waals surface area contributed by atoms with Crippen molar-refractivity contribution >= 4 is 0 Å². The van der Waals surface area contributed by atoms with Crippen molar-refractivity contribution in [1.29, 1.82) is 0 Å². The molecule has 0 fully saturated rings. The zero-order valence-electron chi connectivity index (χ0n) is 15.7. The maximum Gasteiger partial charge on any atom is 0.460 e. The summed E-state index contributed by atoms with van der Waals surface area (Å²) in [5.41, 5.74) is -2.78. The first-order valence-electron chi connectivity index (χ1n) is 8.17. The van der Waals surface area contributed by atoms with Crippen LogP contribution >= 0.6 is 0 Å². The van der Waals surface area contributed by atoms with Crippen LogP contribution in [0.2, 0.25) is 0 Å². The molecular weight excluding hydrogens is 445 g/mol. The molecule has 0 radical (unpaired) electrons. The summed E-state index contributed by atoms with van der Waals surface area (Å²) >= 11 is 0. The molecule has 0 aliphatic heterocycles. The van der Waals surface area contributed by atoms with Crippen LogP contribution in [0, 0.1) is 0 Å². The molecule has 0 bridgehead atoms. The second-order valence-electron chi connectivity index (χ2n) is 6.50. The third-order valence-corrected chi connectivity index (χ3v) is 4.37. The molecule has 0 aliphatic carbocycles. The summed E-state index contributed by atoms with van der Waals surface area (Å²) in [6.45, 7) is 2.42. The van der Waals surface area contributed by atoms with E-state index in [4.69, 9.17) is 9.47 Å². The van der Waals surface area contributed by atoms with Crippen molar-refractivity contribution in [2.45, 2.75) is 55.7 Å². The van der Waals surface area contributed by atoms with Crippen molar-refractivity contribution in [2.75, 3.05) is 13.7 Å². The van der Waals surface area contributed by atoms with E-state index in [-0.39, 0.29) is 17.9 Å². The van der Waals surface area contributed by atoms with Gasteiger partial charge in [0.05, 0.1) is 18.6 Å². The molecule has 2 nitrogen and oxygen atoms in total. The fraction of sp³-hybridized carbons (Fsp3) is 0.647. The highest BCUT2D eigenvalue weighted by Gasteiger charge is 2.87. The van der Waals surface area contributed by atoms with Gasteiger partial charge >= 0.3 is 29.9 Å². The van der Waals surface area contributed by atoms with Crippen molar-refractivity contribution in [3.05, 3.63) is 29.8 Å². The third-order valence-electron chi connectivity index (χ3n) is 4.37. The van der Waals surface area contributed by atoms with Crippen LogP contribution in [0.15, 0.2) is 24.3 Å². The number of alkyl halides is 11. The van der Waals surface area contributed by atoms with Gasteiger partial charge in [0.25, 0.3) is 0 Å². The van der Waals surface area contributed by atoms with Crippen LogP contribution in [-0.4, -0.2) is 43.6 Å². The highest BCUT2D eigenvalue weighted by Crippen LogP contribution is 2.59. The van der Waals surface area contributed by atoms with E-state index in [0.29, 0.717) is 0 Å². The average Bonchev–Trinajstić information content (AvgIpc) is 2.60. The van der Waals surface area contributed by atoms with Crippen LogP contribution in [0.25, 0.3) is 0 Å². The Morgan fingerprint density at radius 2 is 1.33 bits per heavy atom. The van der Waals surface area contributed by atoms with Gasteiger partial charge in [-0.15, -0.1) is 0 Å². The predicted molar refractivity (Wildman–Crippen MR) is 82.4 cm³/mol. The number of methoxy groups -OCH3 is 1. The molecule has 0 heterocycles. The number of benzene rings is 1. The van der Waals surface area contributed by atoms with Gasteiger partial charge in [-0.25, -0.2) is 0 Å². The monoisotopic (exact) mass is 462 g/mol. The Labute approximate surface area is 163 Å². The van der Waals surface area contributed by atoms with Crippen LogP contribution < -0.4 is 4.74 Å². The van der Waals surface area contributed by atoms with Gasteiger partial charge in [0.15, 0.2) is 0 Å². The maximum absolute atomic E-state index is 14.2. The third kappa shape index (κ3) is 4.30. The Balaban J connectivity index is 3.42. The van der Waals surface area contributed by atoms with E-state index in [2.05, 4.69) is 0 Å². The largest absolute Gasteiger partial charge is 0.494 e. The van der Waals surface area contributed by atoms with Gasteiger partial charge in [0.1, 0.15) is 5.75 Å². The smallest absolute Gasteiger partial charge is 0.460 e. The Kier molecular flexibility index (Phi) is 7.04. The minimum absolute atomic E-state index is 0.0577. The lowest BCUT2D eigenvalue weighted by Crippen LogP contribution is -2.67. The molecule has 1 unspecified atom stereocenters. The predicted octanol–water partition coefficient (Wildman–Crippen LogP) is 6.44. The van der Waals surface area contributed by atoms with Crippen molar-refractivity contribution in [2.24, 2.45) is 0 Å². The van der Waals surface area contributed by atoms with E-state index in [0.717, 1.165) is 26.2 Å². The highest BCUT2D eigenvalue weighted by atomic mass is 19.4. The molecular formula is C17H17F11O2. The summed E-state index contributed by atoms with van der Waals surface area (Å²) in [4.78, 5) is 0.